The van der Waals surface area contributed by atoms with Crippen LogP contribution in [0.15, 0.2) is 18.2 Å². The molecule has 2 unspecified atom stereocenters. The van der Waals surface area contributed by atoms with Gasteiger partial charge in [0.05, 0.1) is 6.10 Å². The zero-order valence-corrected chi connectivity index (χ0v) is 15.5. The molecule has 0 radical (unpaired) electrons. The van der Waals surface area contributed by atoms with Crippen LogP contribution in [-0.4, -0.2) is 45.3 Å². The molecule has 0 bridgehead atoms. The van der Waals surface area contributed by atoms with Gasteiger partial charge in [0, 0.05) is 29.7 Å². The number of likely N-dealkylation sites (N-methyl/N-ethyl adjacent to an activating group) is 1. The molecule has 1 aliphatic heterocycles. The Bertz CT molecular complexity index is 794. The molecule has 0 fully saturated rings. The molecule has 0 saturated carbocycles. The number of aliphatic hydroxyl groups excluding tert-OH is 1. The van der Waals surface area contributed by atoms with Gasteiger partial charge in [0.15, 0.2) is 6.04 Å². The molecule has 1 aromatic heterocycles. The molecule has 136 valence electrons. The van der Waals surface area contributed by atoms with E-state index in [1.54, 1.807) is 0 Å². The summed E-state index contributed by atoms with van der Waals surface area (Å²) in [5, 5.41) is 21.7. The van der Waals surface area contributed by atoms with Gasteiger partial charge in [0.2, 0.25) is 0 Å². The number of fused-ring (bicyclic) bond motifs is 3. The van der Waals surface area contributed by atoms with E-state index in [4.69, 9.17) is 0 Å². The van der Waals surface area contributed by atoms with Crippen molar-refractivity contribution in [2.75, 3.05) is 13.6 Å². The smallest absolute Gasteiger partial charge is 0.329 e. The fourth-order valence-corrected chi connectivity index (χ4v) is 4.01. The highest BCUT2D eigenvalue weighted by molar-refractivity contribution is 5.88. The Labute approximate surface area is 148 Å². The lowest BCUT2D eigenvalue weighted by Crippen LogP contribution is -2.35. The number of aromatic nitrogens is 1. The van der Waals surface area contributed by atoms with Crippen LogP contribution in [0, 0.1) is 12.8 Å². The first-order chi connectivity index (χ1) is 11.8. The molecule has 5 heteroatoms. The molecule has 0 amide bonds. The zero-order valence-electron chi connectivity index (χ0n) is 15.5. The van der Waals surface area contributed by atoms with Crippen molar-refractivity contribution >= 4 is 16.9 Å². The first-order valence-corrected chi connectivity index (χ1v) is 9.01. The first kappa shape index (κ1) is 18.0. The van der Waals surface area contributed by atoms with Gasteiger partial charge < -0.3 is 19.7 Å². The van der Waals surface area contributed by atoms with Gasteiger partial charge in [-0.3, -0.25) is 0 Å². The molecule has 5 nitrogen and oxygen atoms in total. The van der Waals surface area contributed by atoms with E-state index in [1.165, 1.54) is 11.1 Å². The largest absolute Gasteiger partial charge is 0.480 e. The zero-order chi connectivity index (χ0) is 18.3. The minimum atomic E-state index is -0.971. The first-order valence-electron chi connectivity index (χ1n) is 9.01. The highest BCUT2D eigenvalue weighted by Crippen LogP contribution is 2.35. The summed E-state index contributed by atoms with van der Waals surface area (Å²) in [6, 6.07) is 5.20. The molecular weight excluding hydrogens is 316 g/mol. The van der Waals surface area contributed by atoms with Crippen molar-refractivity contribution in [2.45, 2.75) is 52.3 Å². The van der Waals surface area contributed by atoms with E-state index in [0.717, 1.165) is 29.6 Å². The van der Waals surface area contributed by atoms with Crippen molar-refractivity contribution in [1.82, 2.24) is 9.47 Å². The SMILES string of the molecule is Cc1ccc2c(c1)c1c(n2C(C(=O)O)C(O)CC(C)C)CN(C)CC1. The Kier molecular flexibility index (Phi) is 4.89. The summed E-state index contributed by atoms with van der Waals surface area (Å²) < 4.78 is 1.88. The maximum Gasteiger partial charge on any atom is 0.329 e. The average Bonchev–Trinajstić information content (AvgIpc) is 2.79. The van der Waals surface area contributed by atoms with Crippen LogP contribution in [0.5, 0.6) is 0 Å². The van der Waals surface area contributed by atoms with Crippen LogP contribution in [0.25, 0.3) is 10.9 Å². The van der Waals surface area contributed by atoms with Crippen LogP contribution in [-0.2, 0) is 17.8 Å². The van der Waals surface area contributed by atoms with Gasteiger partial charge in [-0.1, -0.05) is 25.5 Å². The lowest BCUT2D eigenvalue weighted by molar-refractivity contribution is -0.144. The lowest BCUT2D eigenvalue weighted by Gasteiger charge is -2.29. The summed E-state index contributed by atoms with van der Waals surface area (Å²) in [5.74, 6) is -0.735. The van der Waals surface area contributed by atoms with E-state index in [9.17, 15) is 15.0 Å². The summed E-state index contributed by atoms with van der Waals surface area (Å²) in [4.78, 5) is 14.3. The number of nitrogens with zero attached hydrogens (tertiary/aromatic N) is 2. The quantitative estimate of drug-likeness (QED) is 0.875. The molecule has 1 aromatic carbocycles. The van der Waals surface area contributed by atoms with Crippen LogP contribution >= 0.6 is 0 Å². The Morgan fingerprint density at radius 2 is 2.04 bits per heavy atom. The molecule has 0 spiro atoms. The number of rotatable bonds is 5. The summed E-state index contributed by atoms with van der Waals surface area (Å²) >= 11 is 0. The monoisotopic (exact) mass is 344 g/mol. The number of benzene rings is 1. The van der Waals surface area contributed by atoms with Crippen molar-refractivity contribution in [3.63, 3.8) is 0 Å². The van der Waals surface area contributed by atoms with Gasteiger partial charge in [-0.25, -0.2) is 4.79 Å². The summed E-state index contributed by atoms with van der Waals surface area (Å²) in [6.07, 6.45) is 0.462. The molecule has 3 rings (SSSR count). The molecular formula is C20H28N2O3. The molecule has 25 heavy (non-hydrogen) atoms. The molecule has 2 heterocycles. The van der Waals surface area contributed by atoms with E-state index in [1.807, 2.05) is 30.5 Å². The second-order valence-electron chi connectivity index (χ2n) is 7.78. The molecule has 0 saturated heterocycles. The third-order valence-corrected chi connectivity index (χ3v) is 5.15. The summed E-state index contributed by atoms with van der Waals surface area (Å²) in [7, 11) is 2.05. The number of carbonyl (C=O) groups is 1. The van der Waals surface area contributed by atoms with Gasteiger partial charge in [-0.15, -0.1) is 0 Å². The maximum absolute atomic E-state index is 12.1. The second kappa shape index (κ2) is 6.81. The summed E-state index contributed by atoms with van der Waals surface area (Å²) in [6.45, 7) is 7.74. The third-order valence-electron chi connectivity index (χ3n) is 5.15. The van der Waals surface area contributed by atoms with Crippen molar-refractivity contribution in [3.05, 3.63) is 35.0 Å². The molecule has 1 aliphatic rings. The Balaban J connectivity index is 2.22. The fraction of sp³-hybridized carbons (Fsp3) is 0.550. The highest BCUT2D eigenvalue weighted by atomic mass is 16.4. The van der Waals surface area contributed by atoms with Gasteiger partial charge in [0.1, 0.15) is 0 Å². The number of hydrogen-bond acceptors (Lipinski definition) is 3. The van der Waals surface area contributed by atoms with Crippen LogP contribution in [0.1, 0.15) is 43.1 Å². The molecule has 2 aromatic rings. The van der Waals surface area contributed by atoms with Crippen LogP contribution in [0.3, 0.4) is 0 Å². The Morgan fingerprint density at radius 1 is 1.32 bits per heavy atom. The van der Waals surface area contributed by atoms with E-state index in [2.05, 4.69) is 24.9 Å². The van der Waals surface area contributed by atoms with Crippen molar-refractivity contribution in [1.29, 1.82) is 0 Å². The minimum absolute atomic E-state index is 0.236. The van der Waals surface area contributed by atoms with Gasteiger partial charge >= 0.3 is 5.97 Å². The minimum Gasteiger partial charge on any atom is -0.480 e. The predicted molar refractivity (Wildman–Crippen MR) is 98.8 cm³/mol. The van der Waals surface area contributed by atoms with Crippen molar-refractivity contribution in [2.24, 2.45) is 5.92 Å². The number of carboxylic acids is 1. The number of aryl methyl sites for hydroxylation is 1. The fourth-order valence-electron chi connectivity index (χ4n) is 4.01. The lowest BCUT2D eigenvalue weighted by atomic mass is 9.99. The van der Waals surface area contributed by atoms with Crippen molar-refractivity contribution in [3.8, 4) is 0 Å². The normalized spacial score (nSPS) is 17.7. The van der Waals surface area contributed by atoms with E-state index in [0.29, 0.717) is 13.0 Å². The number of carboxylic acid groups (broad SMARTS) is 1. The van der Waals surface area contributed by atoms with Crippen LogP contribution in [0.2, 0.25) is 0 Å². The topological polar surface area (TPSA) is 65.7 Å². The Morgan fingerprint density at radius 3 is 2.68 bits per heavy atom. The average molecular weight is 344 g/mol. The predicted octanol–water partition coefficient (Wildman–Crippen LogP) is 2.97. The van der Waals surface area contributed by atoms with Crippen LogP contribution in [0.4, 0.5) is 0 Å². The number of hydrogen-bond donors (Lipinski definition) is 2. The molecule has 2 atom stereocenters. The maximum atomic E-state index is 12.1. The van der Waals surface area contributed by atoms with Gasteiger partial charge in [0.25, 0.3) is 0 Å². The number of aliphatic carboxylic acids is 1. The number of aliphatic hydroxyl groups is 1. The second-order valence-corrected chi connectivity index (χ2v) is 7.78. The van der Waals surface area contributed by atoms with E-state index >= 15 is 0 Å². The highest BCUT2D eigenvalue weighted by Gasteiger charge is 2.34. The van der Waals surface area contributed by atoms with Crippen LogP contribution < -0.4 is 0 Å². The Hall–Kier alpha value is -1.85. The van der Waals surface area contributed by atoms with Gasteiger partial charge in [-0.2, -0.15) is 0 Å². The molecule has 2 N–H and O–H groups in total. The third kappa shape index (κ3) is 3.31. The molecule has 0 aliphatic carbocycles. The van der Waals surface area contributed by atoms with Crippen molar-refractivity contribution < 1.29 is 15.0 Å². The van der Waals surface area contributed by atoms with E-state index in [-0.39, 0.29) is 5.92 Å². The van der Waals surface area contributed by atoms with Gasteiger partial charge in [-0.05, 0) is 50.4 Å². The summed E-state index contributed by atoms with van der Waals surface area (Å²) in [5.41, 5.74) is 4.35. The van der Waals surface area contributed by atoms with E-state index < -0.39 is 18.1 Å². The standard InChI is InChI=1S/C20H28N2O3/c1-12(2)9-18(23)19(20(24)25)22-16-6-5-13(3)10-15(16)14-7-8-21(4)11-17(14)22/h5-6,10,12,18-19,23H,7-9,11H2,1-4H3,(H,24,25).